The third-order valence-electron chi connectivity index (χ3n) is 5.32. The van der Waals surface area contributed by atoms with Crippen molar-refractivity contribution in [3.8, 4) is 0 Å². The summed E-state index contributed by atoms with van der Waals surface area (Å²) in [5, 5.41) is 6.31. The Labute approximate surface area is 163 Å². The van der Waals surface area contributed by atoms with Crippen LogP contribution in [0.25, 0.3) is 0 Å². The van der Waals surface area contributed by atoms with E-state index in [1.165, 1.54) is 11.3 Å². The molecular weight excluding hydrogens is 348 g/mol. The van der Waals surface area contributed by atoms with E-state index in [-0.39, 0.29) is 24.4 Å². The number of piperazine rings is 1. The molecule has 5 nitrogen and oxygen atoms in total. The fourth-order valence-electron chi connectivity index (χ4n) is 3.76. The predicted molar refractivity (Wildman–Crippen MR) is 110 cm³/mol. The molecule has 1 amide bonds. The zero-order valence-electron chi connectivity index (χ0n) is 15.9. The van der Waals surface area contributed by atoms with Crippen LogP contribution in [0.2, 0.25) is 0 Å². The second-order valence-electron chi connectivity index (χ2n) is 7.31. The quantitative estimate of drug-likeness (QED) is 0.712. The number of halogens is 1. The first-order valence-corrected chi connectivity index (χ1v) is 9.77. The zero-order chi connectivity index (χ0) is 17.5. The van der Waals surface area contributed by atoms with Gasteiger partial charge in [-0.3, -0.25) is 9.69 Å². The summed E-state index contributed by atoms with van der Waals surface area (Å²) < 4.78 is 0. The van der Waals surface area contributed by atoms with Gasteiger partial charge in [0.1, 0.15) is 0 Å². The van der Waals surface area contributed by atoms with Crippen LogP contribution in [0.1, 0.15) is 31.2 Å². The number of rotatable bonds is 7. The Morgan fingerprint density at radius 2 is 2.04 bits per heavy atom. The van der Waals surface area contributed by atoms with E-state index in [1.807, 2.05) is 0 Å². The van der Waals surface area contributed by atoms with Gasteiger partial charge in [-0.1, -0.05) is 12.1 Å². The van der Waals surface area contributed by atoms with Crippen LogP contribution in [0.5, 0.6) is 0 Å². The number of unbranched alkanes of at least 4 members (excludes halogenated alkanes) is 1. The lowest BCUT2D eigenvalue weighted by molar-refractivity contribution is -0.122. The second kappa shape index (κ2) is 10.8. The Balaban J connectivity index is 0.00000243. The summed E-state index contributed by atoms with van der Waals surface area (Å²) in [5.74, 6) is 0.185. The molecule has 1 unspecified atom stereocenters. The van der Waals surface area contributed by atoms with Crippen molar-refractivity contribution in [2.45, 2.75) is 38.6 Å². The van der Waals surface area contributed by atoms with Crippen LogP contribution in [0.4, 0.5) is 5.69 Å². The van der Waals surface area contributed by atoms with Crippen LogP contribution >= 0.6 is 12.4 Å². The normalized spacial score (nSPS) is 20.7. The molecule has 0 bridgehead atoms. The highest BCUT2D eigenvalue weighted by atomic mass is 35.5. The third kappa shape index (κ3) is 6.15. The van der Waals surface area contributed by atoms with Crippen molar-refractivity contribution < 1.29 is 4.79 Å². The van der Waals surface area contributed by atoms with E-state index in [1.54, 1.807) is 0 Å². The standard InChI is InChI=1S/C20H32N4O.ClH/c1-17-6-4-7-18(16-17)24-14-12-23(13-15-24)11-3-2-9-22-20(25)19-8-5-10-21-19;/h4,6-7,16,19,21H,2-3,5,8-15H2,1H3,(H,22,25);1H. The molecule has 2 aliphatic heterocycles. The second-order valence-corrected chi connectivity index (χ2v) is 7.31. The van der Waals surface area contributed by atoms with Crippen molar-refractivity contribution in [1.82, 2.24) is 15.5 Å². The summed E-state index contributed by atoms with van der Waals surface area (Å²) in [5.41, 5.74) is 2.68. The molecule has 3 rings (SSSR count). The molecule has 2 N–H and O–H groups in total. The fraction of sp³-hybridized carbons (Fsp3) is 0.650. The predicted octanol–water partition coefficient (Wildman–Crippen LogP) is 2.19. The number of hydrogen-bond acceptors (Lipinski definition) is 4. The molecule has 1 aromatic rings. The summed E-state index contributed by atoms with van der Waals surface area (Å²) >= 11 is 0. The molecule has 0 aromatic heterocycles. The molecule has 0 saturated carbocycles. The Morgan fingerprint density at radius 3 is 2.73 bits per heavy atom. The maximum absolute atomic E-state index is 11.9. The topological polar surface area (TPSA) is 47.6 Å². The summed E-state index contributed by atoms with van der Waals surface area (Å²) in [6, 6.07) is 8.84. The number of hydrogen-bond donors (Lipinski definition) is 2. The van der Waals surface area contributed by atoms with Crippen LogP contribution in [-0.4, -0.2) is 62.7 Å². The van der Waals surface area contributed by atoms with Gasteiger partial charge in [-0.15, -0.1) is 12.4 Å². The van der Waals surface area contributed by atoms with Crippen LogP contribution < -0.4 is 15.5 Å². The molecule has 2 aliphatic rings. The Hall–Kier alpha value is -1.30. The molecule has 1 atom stereocenters. The minimum absolute atomic E-state index is 0. The van der Waals surface area contributed by atoms with Crippen molar-refractivity contribution >= 4 is 24.0 Å². The molecule has 0 spiro atoms. The Morgan fingerprint density at radius 1 is 1.23 bits per heavy atom. The molecule has 6 heteroatoms. The Bertz CT molecular complexity index is 554. The molecule has 1 aromatic carbocycles. The number of aryl methyl sites for hydroxylation is 1. The number of benzene rings is 1. The van der Waals surface area contributed by atoms with Gasteiger partial charge in [0.05, 0.1) is 6.04 Å². The third-order valence-corrected chi connectivity index (χ3v) is 5.32. The molecule has 146 valence electrons. The molecule has 2 heterocycles. The first kappa shape index (κ1) is 21.0. The smallest absolute Gasteiger partial charge is 0.237 e. The average molecular weight is 381 g/mol. The zero-order valence-corrected chi connectivity index (χ0v) is 16.7. The van der Waals surface area contributed by atoms with Gasteiger partial charge in [-0.25, -0.2) is 0 Å². The highest BCUT2D eigenvalue weighted by Crippen LogP contribution is 2.17. The van der Waals surface area contributed by atoms with Crippen molar-refractivity contribution in [3.05, 3.63) is 29.8 Å². The number of carbonyl (C=O) groups excluding carboxylic acids is 1. The number of nitrogens with one attached hydrogen (secondary N) is 2. The summed E-state index contributed by atoms with van der Waals surface area (Å²) in [6.45, 7) is 9.55. The number of anilines is 1. The summed E-state index contributed by atoms with van der Waals surface area (Å²) in [7, 11) is 0. The Kier molecular flexibility index (Phi) is 8.69. The van der Waals surface area contributed by atoms with Crippen LogP contribution in [0.15, 0.2) is 24.3 Å². The van der Waals surface area contributed by atoms with Gasteiger partial charge < -0.3 is 15.5 Å². The first-order chi connectivity index (χ1) is 12.2. The number of nitrogens with zero attached hydrogens (tertiary/aromatic N) is 2. The van der Waals surface area contributed by atoms with E-state index < -0.39 is 0 Å². The average Bonchev–Trinajstić information content (AvgIpc) is 3.17. The van der Waals surface area contributed by atoms with Gasteiger partial charge in [0.15, 0.2) is 0 Å². The summed E-state index contributed by atoms with van der Waals surface area (Å²) in [6.07, 6.45) is 4.32. The summed E-state index contributed by atoms with van der Waals surface area (Å²) in [4.78, 5) is 16.9. The molecule has 0 radical (unpaired) electrons. The lowest BCUT2D eigenvalue weighted by Crippen LogP contribution is -2.46. The van der Waals surface area contributed by atoms with Gasteiger partial charge in [-0.2, -0.15) is 0 Å². The van der Waals surface area contributed by atoms with Gasteiger partial charge in [0.25, 0.3) is 0 Å². The lowest BCUT2D eigenvalue weighted by atomic mass is 10.2. The lowest BCUT2D eigenvalue weighted by Gasteiger charge is -2.36. The van der Waals surface area contributed by atoms with Crippen molar-refractivity contribution in [2.24, 2.45) is 0 Å². The van der Waals surface area contributed by atoms with E-state index in [0.29, 0.717) is 0 Å². The maximum Gasteiger partial charge on any atom is 0.237 e. The van der Waals surface area contributed by atoms with E-state index >= 15 is 0 Å². The monoisotopic (exact) mass is 380 g/mol. The van der Waals surface area contributed by atoms with Gasteiger partial charge in [0.2, 0.25) is 5.91 Å². The largest absolute Gasteiger partial charge is 0.369 e. The highest BCUT2D eigenvalue weighted by Gasteiger charge is 2.21. The van der Waals surface area contributed by atoms with E-state index in [4.69, 9.17) is 0 Å². The molecule has 0 aliphatic carbocycles. The molecule has 2 saturated heterocycles. The van der Waals surface area contributed by atoms with Gasteiger partial charge in [-0.05, 0) is 63.4 Å². The van der Waals surface area contributed by atoms with Crippen LogP contribution in [-0.2, 0) is 4.79 Å². The molecular formula is C20H33ClN4O. The minimum Gasteiger partial charge on any atom is -0.369 e. The number of carbonyl (C=O) groups is 1. The van der Waals surface area contributed by atoms with Crippen molar-refractivity contribution in [2.75, 3.05) is 50.7 Å². The highest BCUT2D eigenvalue weighted by molar-refractivity contribution is 5.85. The molecule has 2 fully saturated rings. The van der Waals surface area contributed by atoms with E-state index in [2.05, 4.69) is 51.6 Å². The van der Waals surface area contributed by atoms with Crippen LogP contribution in [0, 0.1) is 6.92 Å². The fourth-order valence-corrected chi connectivity index (χ4v) is 3.76. The van der Waals surface area contributed by atoms with Crippen molar-refractivity contribution in [3.63, 3.8) is 0 Å². The van der Waals surface area contributed by atoms with Gasteiger partial charge in [0, 0.05) is 38.4 Å². The molecule has 26 heavy (non-hydrogen) atoms. The number of amides is 1. The van der Waals surface area contributed by atoms with Gasteiger partial charge >= 0.3 is 0 Å². The maximum atomic E-state index is 11.9. The van der Waals surface area contributed by atoms with Crippen LogP contribution in [0.3, 0.4) is 0 Å². The van der Waals surface area contributed by atoms with E-state index in [0.717, 1.165) is 71.5 Å². The SMILES string of the molecule is Cc1cccc(N2CCN(CCCCNC(=O)C3CCCN3)CC2)c1.Cl. The minimum atomic E-state index is 0. The van der Waals surface area contributed by atoms with Crippen molar-refractivity contribution in [1.29, 1.82) is 0 Å². The first-order valence-electron chi connectivity index (χ1n) is 9.77. The van der Waals surface area contributed by atoms with E-state index in [9.17, 15) is 4.79 Å².